The van der Waals surface area contributed by atoms with Crippen LogP contribution in [0.2, 0.25) is 0 Å². The maximum atomic E-state index is 15.1. The molecule has 9 aromatic carbocycles. The Morgan fingerprint density at radius 3 is 0.806 bits per heavy atom. The normalized spacial score (nSPS) is 11.9. The van der Waals surface area contributed by atoms with Gasteiger partial charge in [-0.1, -0.05) is 146 Å². The van der Waals surface area contributed by atoms with Crippen molar-refractivity contribution in [3.8, 4) is 89.5 Å². The minimum atomic E-state index is -0.383. The fraction of sp³-hybridized carbons (Fsp3) is 0. The Balaban J connectivity index is 1.34. The zero-order valence-electron chi connectivity index (χ0n) is 38.0. The first-order valence-electron chi connectivity index (χ1n) is 23.6. The maximum absolute atomic E-state index is 15.1. The van der Waals surface area contributed by atoms with E-state index in [4.69, 9.17) is 9.97 Å². The number of hydrogen-bond donors (Lipinski definition) is 2. The molecule has 3 aliphatic rings. The second-order valence-corrected chi connectivity index (χ2v) is 18.3. The van der Waals surface area contributed by atoms with Crippen LogP contribution in [0.25, 0.3) is 144 Å². The monoisotopic (exact) mass is 936 g/mol. The summed E-state index contributed by atoms with van der Waals surface area (Å²) in [5.74, 6) is -1.53. The number of nitrogens with one attached hydrogen (secondary N) is 2. The van der Waals surface area contributed by atoms with Gasteiger partial charge in [-0.15, -0.1) is 0 Å². The molecule has 0 spiro atoms. The zero-order valence-corrected chi connectivity index (χ0v) is 38.0. The van der Waals surface area contributed by atoms with Gasteiger partial charge >= 0.3 is 0 Å². The van der Waals surface area contributed by atoms with Gasteiger partial charge in [0.25, 0.3) is 0 Å². The van der Waals surface area contributed by atoms with E-state index in [9.17, 15) is 0 Å². The molecule has 14 rings (SSSR count). The molecule has 2 aliphatic heterocycles. The van der Waals surface area contributed by atoms with Crippen LogP contribution in [-0.4, -0.2) is 19.9 Å². The Labute approximate surface area is 409 Å². The largest absolute Gasteiger partial charge is 0.353 e. The number of hydrogen-bond acceptors (Lipinski definition) is 2. The van der Waals surface area contributed by atoms with Gasteiger partial charge in [0.05, 0.1) is 44.8 Å². The summed E-state index contributed by atoms with van der Waals surface area (Å²) in [4.78, 5) is 19.4. The SMILES string of the molecule is Fc1ccc(-c2c3nc(c(-c4ccc(F)cc4)c4[nH]c(c(-c5ccc(F)cc5)c5nc(c(-c6ccc(F)cc6)c6[nH]c2c2ccccc62)-c2ccccc2-5)c2cc5ccccc5cc42)-c2ccccc2-3)cc1. The van der Waals surface area contributed by atoms with Crippen molar-refractivity contribution in [3.05, 3.63) is 230 Å². The molecular formula is C64H36F4N4. The van der Waals surface area contributed by atoms with E-state index in [1.165, 1.54) is 48.5 Å². The number of fused-ring (bicyclic) bond motifs is 1. The van der Waals surface area contributed by atoms with Crippen molar-refractivity contribution in [1.29, 1.82) is 0 Å². The predicted molar refractivity (Wildman–Crippen MR) is 284 cm³/mol. The number of rotatable bonds is 4. The molecule has 8 bridgehead atoms. The van der Waals surface area contributed by atoms with Crippen LogP contribution < -0.4 is 0 Å². The van der Waals surface area contributed by atoms with Gasteiger partial charge in [-0.25, -0.2) is 27.5 Å². The molecule has 0 atom stereocenters. The van der Waals surface area contributed by atoms with E-state index in [0.29, 0.717) is 45.0 Å². The van der Waals surface area contributed by atoms with Gasteiger partial charge in [0.2, 0.25) is 0 Å². The van der Waals surface area contributed by atoms with Crippen LogP contribution in [0.5, 0.6) is 0 Å². The van der Waals surface area contributed by atoms with Crippen LogP contribution in [0, 0.1) is 23.3 Å². The van der Waals surface area contributed by atoms with Crippen molar-refractivity contribution in [2.24, 2.45) is 0 Å². The fourth-order valence-electron chi connectivity index (χ4n) is 11.0. The molecule has 0 amide bonds. The van der Waals surface area contributed by atoms with E-state index in [0.717, 1.165) is 98.9 Å². The van der Waals surface area contributed by atoms with Crippen LogP contribution in [0.15, 0.2) is 206 Å². The lowest BCUT2D eigenvalue weighted by Crippen LogP contribution is -1.88. The molecule has 0 radical (unpaired) electrons. The van der Waals surface area contributed by atoms with Crippen LogP contribution in [0.4, 0.5) is 17.6 Å². The first-order chi connectivity index (χ1) is 35.3. The molecular weight excluding hydrogens is 901 g/mol. The smallest absolute Gasteiger partial charge is 0.123 e. The second kappa shape index (κ2) is 16.1. The van der Waals surface area contributed by atoms with Crippen molar-refractivity contribution < 1.29 is 17.6 Å². The Morgan fingerprint density at radius 2 is 0.514 bits per heavy atom. The number of aromatic amines is 2. The third-order valence-corrected chi connectivity index (χ3v) is 14.2. The molecule has 0 fully saturated rings. The third-order valence-electron chi connectivity index (χ3n) is 14.2. The first-order valence-corrected chi connectivity index (χ1v) is 23.6. The van der Waals surface area contributed by atoms with E-state index in [-0.39, 0.29) is 23.3 Å². The lowest BCUT2D eigenvalue weighted by Gasteiger charge is -2.09. The van der Waals surface area contributed by atoms with Crippen molar-refractivity contribution in [3.63, 3.8) is 0 Å². The molecule has 11 aromatic rings. The summed E-state index contributed by atoms with van der Waals surface area (Å²) >= 11 is 0. The molecule has 1 aliphatic carbocycles. The number of nitrogens with zero attached hydrogens (tertiary/aromatic N) is 2. The summed E-state index contributed by atoms with van der Waals surface area (Å²) in [6.45, 7) is 0. The van der Waals surface area contributed by atoms with Crippen LogP contribution in [-0.2, 0) is 0 Å². The summed E-state index contributed by atoms with van der Waals surface area (Å²) in [5, 5.41) is 5.49. The van der Waals surface area contributed by atoms with Gasteiger partial charge in [0, 0.05) is 66.1 Å². The molecule has 2 N–H and O–H groups in total. The minimum Gasteiger partial charge on any atom is -0.353 e. The molecule has 4 nitrogen and oxygen atoms in total. The topological polar surface area (TPSA) is 57.4 Å². The summed E-state index contributed by atoms with van der Waals surface area (Å²) in [6, 6.07) is 62.7. The van der Waals surface area contributed by atoms with Gasteiger partial charge in [-0.3, -0.25) is 0 Å². The molecule has 340 valence electrons. The number of H-pyrrole nitrogens is 2. The fourth-order valence-corrected chi connectivity index (χ4v) is 11.0. The van der Waals surface area contributed by atoms with Gasteiger partial charge < -0.3 is 9.97 Å². The summed E-state index contributed by atoms with van der Waals surface area (Å²) < 4.78 is 60.4. The van der Waals surface area contributed by atoms with Gasteiger partial charge in [-0.2, -0.15) is 0 Å². The minimum absolute atomic E-state index is 0.381. The van der Waals surface area contributed by atoms with Crippen molar-refractivity contribution in [2.45, 2.75) is 0 Å². The zero-order chi connectivity index (χ0) is 48.2. The summed E-state index contributed by atoms with van der Waals surface area (Å²) in [7, 11) is 0. The van der Waals surface area contributed by atoms with Gasteiger partial charge in [-0.05, 0) is 93.7 Å². The van der Waals surface area contributed by atoms with Crippen molar-refractivity contribution in [2.75, 3.05) is 0 Å². The average molecular weight is 937 g/mol. The Morgan fingerprint density at radius 1 is 0.264 bits per heavy atom. The number of aromatic nitrogens is 4. The van der Waals surface area contributed by atoms with Gasteiger partial charge in [0.1, 0.15) is 23.3 Å². The third kappa shape index (κ3) is 6.46. The molecule has 0 saturated heterocycles. The van der Waals surface area contributed by atoms with Gasteiger partial charge in [0.15, 0.2) is 0 Å². The van der Waals surface area contributed by atoms with E-state index in [1.54, 1.807) is 48.5 Å². The molecule has 8 heteroatoms. The Bertz CT molecular complexity index is 4120. The van der Waals surface area contributed by atoms with E-state index >= 15 is 17.6 Å². The van der Waals surface area contributed by atoms with Crippen LogP contribution >= 0.6 is 0 Å². The quantitative estimate of drug-likeness (QED) is 0.173. The highest BCUT2D eigenvalue weighted by Crippen LogP contribution is 2.52. The highest BCUT2D eigenvalue weighted by Gasteiger charge is 2.30. The van der Waals surface area contributed by atoms with E-state index in [1.807, 2.05) is 48.5 Å². The first kappa shape index (κ1) is 41.6. The van der Waals surface area contributed by atoms with Crippen LogP contribution in [0.3, 0.4) is 0 Å². The summed E-state index contributed by atoms with van der Waals surface area (Å²) in [5.41, 5.74) is 14.6. The lowest BCUT2D eigenvalue weighted by molar-refractivity contribution is 0.627. The standard InChI is InChI=1S/C64H36F4N4/c65-41-25-17-35(18-26-41)53-57-45-11-3-4-12-46(45)58(69-57)54(36-19-27-42(66)28-20-36)60-48-14-6-8-16-50(48)62(71-60)56(38-23-31-44(68)32-24-38)64-52-34-40-10-2-1-9-39(40)33-51(52)63(72-64)55(37-21-29-43(67)30-22-37)61-49-15-7-5-13-47(49)59(53)70-61/h1-34,69,72H. The van der Waals surface area contributed by atoms with E-state index < -0.39 is 0 Å². The Hall–Kier alpha value is -9.40. The number of benzene rings is 9. The maximum Gasteiger partial charge on any atom is 0.123 e. The Kier molecular flexibility index (Phi) is 9.28. The number of halogens is 4. The molecule has 0 saturated carbocycles. The molecule has 0 unspecified atom stereocenters. The predicted octanol–water partition coefficient (Wildman–Crippen LogP) is 17.7. The highest BCUT2D eigenvalue weighted by molar-refractivity contribution is 6.23. The molecule has 4 heterocycles. The van der Waals surface area contributed by atoms with Crippen molar-refractivity contribution in [1.82, 2.24) is 19.9 Å². The lowest BCUT2D eigenvalue weighted by atomic mass is 9.93. The highest BCUT2D eigenvalue weighted by atomic mass is 19.1. The summed E-state index contributed by atoms with van der Waals surface area (Å²) in [6.07, 6.45) is 0. The van der Waals surface area contributed by atoms with E-state index in [2.05, 4.69) is 70.6 Å². The van der Waals surface area contributed by atoms with Crippen molar-refractivity contribution >= 4 is 54.4 Å². The second-order valence-electron chi connectivity index (χ2n) is 18.3. The molecule has 2 aromatic heterocycles. The van der Waals surface area contributed by atoms with Crippen LogP contribution in [0.1, 0.15) is 0 Å². The molecule has 72 heavy (non-hydrogen) atoms. The average Bonchev–Trinajstić information content (AvgIpc) is 4.18.